The summed E-state index contributed by atoms with van der Waals surface area (Å²) in [6.07, 6.45) is 9.92. The van der Waals surface area contributed by atoms with Gasteiger partial charge in [0.15, 0.2) is 0 Å². The van der Waals surface area contributed by atoms with Gasteiger partial charge in [-0.25, -0.2) is 0 Å². The summed E-state index contributed by atoms with van der Waals surface area (Å²) in [5, 5.41) is 3.17. The molecule has 0 bridgehead atoms. The summed E-state index contributed by atoms with van der Waals surface area (Å²) in [6, 6.07) is 41.1. The van der Waals surface area contributed by atoms with Crippen LogP contribution in [0.3, 0.4) is 0 Å². The van der Waals surface area contributed by atoms with Gasteiger partial charge in [-0.3, -0.25) is 0 Å². The van der Waals surface area contributed by atoms with Crippen LogP contribution in [0.4, 0.5) is 0 Å². The van der Waals surface area contributed by atoms with Gasteiger partial charge in [0, 0.05) is 0 Å². The molecule has 0 amide bonds. The number of benzene rings is 4. The molecule has 2 heteroatoms. The number of allylic oxidation sites excluding steroid dienone is 2. The summed E-state index contributed by atoms with van der Waals surface area (Å²) in [7, 11) is 0. The van der Waals surface area contributed by atoms with Crippen LogP contribution in [0.1, 0.15) is 32.5 Å². The van der Waals surface area contributed by atoms with E-state index in [1.54, 1.807) is 21.5 Å². The minimum atomic E-state index is -2.48. The van der Waals surface area contributed by atoms with Crippen molar-refractivity contribution in [2.24, 2.45) is 0 Å². The molecule has 2 unspecified atom stereocenters. The Hall–Kier alpha value is -2.55. The van der Waals surface area contributed by atoms with Crippen LogP contribution < -0.4 is 10.4 Å². The van der Waals surface area contributed by atoms with Gasteiger partial charge in [-0.1, -0.05) is 0 Å². The largest absolute Gasteiger partial charge is 1.00 e. The standard InChI is InChI=1S/C12H10Si.2C9H7.Hf.2H/c1-3-7-11(8-4-1)13-12-9-5-2-6-10-12;2*1-2-5-9-7-3-6-8(9)4-1;;;/h1-10H;2*1-7H;;;/q;;;;2*-1. The second-order valence-electron chi connectivity index (χ2n) is 8.49. The van der Waals surface area contributed by atoms with E-state index in [2.05, 4.69) is 133 Å². The molecule has 156 valence electrons. The Morgan fingerprint density at radius 2 is 0.906 bits per heavy atom. The molecule has 0 nitrogen and oxygen atoms in total. The average molecular weight is 593 g/mol. The van der Waals surface area contributed by atoms with Gasteiger partial charge in [0.25, 0.3) is 0 Å². The van der Waals surface area contributed by atoms with E-state index in [0.717, 1.165) is 0 Å². The number of hydrogen-bond donors (Lipinski definition) is 0. The van der Waals surface area contributed by atoms with Gasteiger partial charge in [0.1, 0.15) is 0 Å². The molecule has 2 aliphatic rings. The van der Waals surface area contributed by atoms with E-state index in [4.69, 9.17) is 0 Å². The molecule has 4 aromatic carbocycles. The number of fused-ring (bicyclic) bond motifs is 2. The van der Waals surface area contributed by atoms with Gasteiger partial charge in [0.2, 0.25) is 0 Å². The topological polar surface area (TPSA) is 0 Å². The van der Waals surface area contributed by atoms with Gasteiger partial charge in [-0.15, -0.1) is 0 Å². The molecular formula is C30H26HfSi-2. The fourth-order valence-corrected chi connectivity index (χ4v) is 37.4. The smallest absolute Gasteiger partial charge is 1.00 e. The molecule has 0 saturated heterocycles. The quantitative estimate of drug-likeness (QED) is 0.249. The van der Waals surface area contributed by atoms with Crippen molar-refractivity contribution in [3.63, 3.8) is 0 Å². The molecule has 0 aliphatic heterocycles. The molecular weight excluding hydrogens is 567 g/mol. The van der Waals surface area contributed by atoms with Gasteiger partial charge in [-0.05, 0) is 0 Å². The van der Waals surface area contributed by atoms with Crippen LogP contribution in [-0.2, 0) is 20.1 Å². The van der Waals surface area contributed by atoms with Crippen LogP contribution in [0.2, 0.25) is 0 Å². The van der Waals surface area contributed by atoms with Crippen LogP contribution in [0.5, 0.6) is 0 Å². The van der Waals surface area contributed by atoms with Crippen LogP contribution in [0.15, 0.2) is 121 Å². The summed E-state index contributed by atoms with van der Waals surface area (Å²) in [4.78, 5) is 0. The van der Waals surface area contributed by atoms with Gasteiger partial charge in [0.05, 0.1) is 0 Å². The molecule has 32 heavy (non-hydrogen) atoms. The summed E-state index contributed by atoms with van der Waals surface area (Å²) < 4.78 is 1.23. The average Bonchev–Trinajstić information content (AvgIpc) is 3.48. The first-order valence-corrected chi connectivity index (χ1v) is 22.3. The fourth-order valence-electron chi connectivity index (χ4n) is 5.26. The maximum Gasteiger partial charge on any atom is -1.00 e. The molecule has 6 rings (SSSR count). The number of hydrogen-bond acceptors (Lipinski definition) is 0. The second-order valence-corrected chi connectivity index (χ2v) is 28.3. The summed E-state index contributed by atoms with van der Waals surface area (Å²) >= 11 is -2.48. The second kappa shape index (κ2) is 8.76. The molecule has 2 atom stereocenters. The summed E-state index contributed by atoms with van der Waals surface area (Å²) in [6.45, 7) is 0. The van der Waals surface area contributed by atoms with Crippen molar-refractivity contribution in [3.8, 4) is 0 Å². The Labute approximate surface area is 201 Å². The number of rotatable bonds is 4. The van der Waals surface area contributed by atoms with E-state index >= 15 is 0 Å². The molecule has 0 spiro atoms. The Morgan fingerprint density at radius 3 is 1.38 bits per heavy atom. The van der Waals surface area contributed by atoms with E-state index in [1.165, 1.54) is 11.1 Å². The summed E-state index contributed by atoms with van der Waals surface area (Å²) in [5.74, 6) is 0. The first-order chi connectivity index (χ1) is 15.9. The van der Waals surface area contributed by atoms with E-state index in [1.807, 2.05) is 0 Å². The monoisotopic (exact) mass is 594 g/mol. The van der Waals surface area contributed by atoms with E-state index in [9.17, 15) is 0 Å². The van der Waals surface area contributed by atoms with E-state index < -0.39 is 25.6 Å². The van der Waals surface area contributed by atoms with Crippen molar-refractivity contribution >= 4 is 28.0 Å². The molecule has 4 aromatic rings. The SMILES string of the molecule is C1=C[CH]([Hf]([CH]2C=Cc3ccccc32)=[Si](c2ccccc2)c2ccccc2)c2ccccc21.[H-].[H-]. The Kier molecular flexibility index (Phi) is 5.50. The third-order valence-corrected chi connectivity index (χ3v) is 35.1. The molecule has 0 N–H and O–H groups in total. The molecule has 0 heterocycles. The third kappa shape index (κ3) is 3.56. The van der Waals surface area contributed by atoms with Crippen LogP contribution >= 0.6 is 0 Å². The predicted molar refractivity (Wildman–Crippen MR) is 137 cm³/mol. The molecule has 0 saturated carbocycles. The van der Waals surface area contributed by atoms with Gasteiger partial charge < -0.3 is 2.85 Å². The maximum atomic E-state index is 2.57. The fraction of sp³-hybridized carbons (Fsp3) is 0.0667. The van der Waals surface area contributed by atoms with Crippen molar-refractivity contribution in [1.29, 1.82) is 0 Å². The van der Waals surface area contributed by atoms with Crippen LogP contribution in [0.25, 0.3) is 12.2 Å². The van der Waals surface area contributed by atoms with Crippen molar-refractivity contribution in [2.45, 2.75) is 7.35 Å². The first kappa shape index (κ1) is 20.1. The zero-order chi connectivity index (χ0) is 21.3. The molecule has 0 radical (unpaired) electrons. The normalized spacial score (nSPS) is 17.8. The predicted octanol–water partition coefficient (Wildman–Crippen LogP) is 6.17. The molecule has 0 fully saturated rings. The van der Waals surface area contributed by atoms with Gasteiger partial charge in [-0.2, -0.15) is 0 Å². The van der Waals surface area contributed by atoms with Crippen molar-refractivity contribution < 1.29 is 22.9 Å². The third-order valence-electron chi connectivity index (χ3n) is 6.68. The minimum absolute atomic E-state index is 0. The van der Waals surface area contributed by atoms with Crippen molar-refractivity contribution in [2.75, 3.05) is 0 Å². The maximum absolute atomic E-state index is 2.57. The zero-order valence-electron chi connectivity index (χ0n) is 19.9. The van der Waals surface area contributed by atoms with Crippen LogP contribution in [-0.4, -0.2) is 5.49 Å². The van der Waals surface area contributed by atoms with Gasteiger partial charge >= 0.3 is 199 Å². The van der Waals surface area contributed by atoms with Crippen molar-refractivity contribution in [1.82, 2.24) is 0 Å². The van der Waals surface area contributed by atoms with E-state index in [0.29, 0.717) is 7.35 Å². The Balaban J connectivity index is 0.00000137. The Morgan fingerprint density at radius 1 is 0.500 bits per heavy atom. The minimum Gasteiger partial charge on any atom is -1.00 e. The summed E-state index contributed by atoms with van der Waals surface area (Å²) in [5.41, 5.74) is 5.12. The Bertz CT molecular complexity index is 1270. The van der Waals surface area contributed by atoms with Crippen molar-refractivity contribution in [3.05, 3.63) is 144 Å². The molecule has 2 aliphatic carbocycles. The molecule has 0 aromatic heterocycles. The first-order valence-electron chi connectivity index (χ1n) is 11.3. The zero-order valence-corrected chi connectivity index (χ0v) is 22.4. The van der Waals surface area contributed by atoms with E-state index in [-0.39, 0.29) is 2.85 Å². The van der Waals surface area contributed by atoms with Crippen LogP contribution in [0, 0.1) is 0 Å².